The largest absolute Gasteiger partial charge is 0.480 e. The van der Waals surface area contributed by atoms with Gasteiger partial charge in [0, 0.05) is 0 Å². The Morgan fingerprint density at radius 2 is 2.07 bits per heavy atom. The van der Waals surface area contributed by atoms with Gasteiger partial charge in [0.25, 0.3) is 5.92 Å². The summed E-state index contributed by atoms with van der Waals surface area (Å²) < 4.78 is 24.8. The number of likely N-dealkylation sites (N-methyl/N-ethyl adjacent to an activating group) is 1. The molecule has 1 rings (SSSR count). The van der Waals surface area contributed by atoms with Crippen LogP contribution in [0.25, 0.3) is 0 Å². The molecule has 7 heteroatoms. The summed E-state index contributed by atoms with van der Waals surface area (Å²) in [5.74, 6) is -4.55. The number of carboxylic acids is 1. The van der Waals surface area contributed by atoms with Gasteiger partial charge in [-0.05, 0) is 7.05 Å². The highest BCUT2D eigenvalue weighted by Crippen LogP contribution is 2.27. The minimum Gasteiger partial charge on any atom is -0.480 e. The molecule has 1 saturated heterocycles. The number of halogens is 2. The van der Waals surface area contributed by atoms with E-state index in [-0.39, 0.29) is 6.42 Å². The van der Waals surface area contributed by atoms with Gasteiger partial charge >= 0.3 is 5.97 Å². The lowest BCUT2D eigenvalue weighted by molar-refractivity contribution is -0.167. The lowest BCUT2D eigenvalue weighted by Gasteiger charge is -2.39. The molecule has 0 radical (unpaired) electrons. The van der Waals surface area contributed by atoms with Gasteiger partial charge in [0.1, 0.15) is 6.04 Å². The topological polar surface area (TPSA) is 69.6 Å². The van der Waals surface area contributed by atoms with Crippen molar-refractivity contribution >= 4 is 11.9 Å². The third-order valence-electron chi connectivity index (χ3n) is 2.22. The van der Waals surface area contributed by atoms with Crippen LogP contribution in [0, 0.1) is 0 Å². The van der Waals surface area contributed by atoms with Crippen LogP contribution in [0.5, 0.6) is 0 Å². The molecule has 0 aromatic carbocycles. The van der Waals surface area contributed by atoms with Crippen LogP contribution in [-0.2, 0) is 9.59 Å². The Labute approximate surface area is 85.0 Å². The maximum Gasteiger partial charge on any atom is 0.321 e. The van der Waals surface area contributed by atoms with Crippen molar-refractivity contribution in [2.24, 2.45) is 0 Å². The number of carbonyl (C=O) groups is 2. The monoisotopic (exact) mass is 222 g/mol. The predicted molar refractivity (Wildman–Crippen MR) is 46.6 cm³/mol. The van der Waals surface area contributed by atoms with Crippen LogP contribution < -0.4 is 5.32 Å². The molecule has 0 bridgehead atoms. The molecule has 0 aromatic rings. The average molecular weight is 222 g/mol. The van der Waals surface area contributed by atoms with E-state index in [4.69, 9.17) is 5.11 Å². The first-order valence-electron chi connectivity index (χ1n) is 4.41. The number of rotatable bonds is 4. The number of nitrogens with one attached hydrogen (secondary N) is 1. The maximum atomic E-state index is 12.4. The van der Waals surface area contributed by atoms with Crippen LogP contribution in [0.15, 0.2) is 0 Å². The Kier molecular flexibility index (Phi) is 3.23. The van der Waals surface area contributed by atoms with Gasteiger partial charge in [0.05, 0.1) is 19.5 Å². The SMILES string of the molecule is CN[C@@H](CC(=O)N1CC(F)(F)C1)C(=O)O. The summed E-state index contributed by atoms with van der Waals surface area (Å²) in [5.41, 5.74) is 0. The summed E-state index contributed by atoms with van der Waals surface area (Å²) >= 11 is 0. The van der Waals surface area contributed by atoms with Gasteiger partial charge in [0.15, 0.2) is 0 Å². The fourth-order valence-corrected chi connectivity index (χ4v) is 1.31. The zero-order valence-corrected chi connectivity index (χ0v) is 8.17. The van der Waals surface area contributed by atoms with Crippen LogP contribution in [0.1, 0.15) is 6.42 Å². The van der Waals surface area contributed by atoms with Crippen molar-refractivity contribution < 1.29 is 23.5 Å². The van der Waals surface area contributed by atoms with Gasteiger partial charge in [-0.1, -0.05) is 0 Å². The van der Waals surface area contributed by atoms with Gasteiger partial charge < -0.3 is 15.3 Å². The molecule has 1 aliphatic rings. The average Bonchev–Trinajstić information content (AvgIpc) is 2.09. The standard InChI is InChI=1S/C8H12F2N2O3/c1-11-5(7(14)15)2-6(13)12-3-8(9,10)4-12/h5,11H,2-4H2,1H3,(H,14,15)/t5-/m0/s1. The summed E-state index contributed by atoms with van der Waals surface area (Å²) in [7, 11) is 1.40. The van der Waals surface area contributed by atoms with Crippen LogP contribution in [0.4, 0.5) is 8.78 Å². The molecule has 1 atom stereocenters. The second kappa shape index (κ2) is 4.09. The van der Waals surface area contributed by atoms with E-state index in [0.717, 1.165) is 4.90 Å². The minimum atomic E-state index is -2.81. The van der Waals surface area contributed by atoms with Crippen LogP contribution in [0.2, 0.25) is 0 Å². The van der Waals surface area contributed by atoms with Crippen molar-refractivity contribution in [1.29, 1.82) is 0 Å². The van der Waals surface area contributed by atoms with Crippen molar-refractivity contribution in [2.75, 3.05) is 20.1 Å². The zero-order valence-electron chi connectivity index (χ0n) is 8.17. The second-order valence-corrected chi connectivity index (χ2v) is 3.49. The molecular formula is C8H12F2N2O3. The van der Waals surface area contributed by atoms with Crippen molar-refractivity contribution in [2.45, 2.75) is 18.4 Å². The molecule has 5 nitrogen and oxygen atoms in total. The molecule has 1 amide bonds. The highest BCUT2D eigenvalue weighted by molar-refractivity contribution is 5.84. The minimum absolute atomic E-state index is 0.304. The van der Waals surface area contributed by atoms with Crippen LogP contribution >= 0.6 is 0 Å². The molecule has 1 aliphatic heterocycles. The summed E-state index contributed by atoms with van der Waals surface area (Å²) in [6.07, 6.45) is -0.304. The fraction of sp³-hybridized carbons (Fsp3) is 0.750. The summed E-state index contributed by atoms with van der Waals surface area (Å²) in [5, 5.41) is 11.0. The van der Waals surface area contributed by atoms with E-state index in [2.05, 4.69) is 5.32 Å². The first-order valence-corrected chi connectivity index (χ1v) is 4.41. The first kappa shape index (κ1) is 11.8. The van der Waals surface area contributed by atoms with Crippen molar-refractivity contribution in [3.63, 3.8) is 0 Å². The van der Waals surface area contributed by atoms with Crippen LogP contribution in [-0.4, -0.2) is 54.0 Å². The van der Waals surface area contributed by atoms with E-state index in [9.17, 15) is 18.4 Å². The van der Waals surface area contributed by atoms with Crippen molar-refractivity contribution in [3.8, 4) is 0 Å². The molecule has 15 heavy (non-hydrogen) atoms. The number of alkyl halides is 2. The van der Waals surface area contributed by atoms with E-state index >= 15 is 0 Å². The molecule has 0 aromatic heterocycles. The van der Waals surface area contributed by atoms with Gasteiger partial charge in [-0.25, -0.2) is 8.78 Å². The van der Waals surface area contributed by atoms with E-state index in [1.54, 1.807) is 0 Å². The Balaban J connectivity index is 2.40. The maximum absolute atomic E-state index is 12.4. The summed E-state index contributed by atoms with van der Waals surface area (Å²) in [4.78, 5) is 22.8. The first-order chi connectivity index (χ1) is 6.85. The van der Waals surface area contributed by atoms with E-state index in [1.165, 1.54) is 7.05 Å². The number of aliphatic carboxylic acids is 1. The molecule has 1 heterocycles. The van der Waals surface area contributed by atoms with Crippen molar-refractivity contribution in [1.82, 2.24) is 10.2 Å². The Hall–Kier alpha value is -1.24. The van der Waals surface area contributed by atoms with E-state index in [0.29, 0.717) is 0 Å². The molecule has 0 unspecified atom stereocenters. The van der Waals surface area contributed by atoms with Gasteiger partial charge in [-0.2, -0.15) is 0 Å². The van der Waals surface area contributed by atoms with Crippen molar-refractivity contribution in [3.05, 3.63) is 0 Å². The van der Waals surface area contributed by atoms with Crippen LogP contribution in [0.3, 0.4) is 0 Å². The third-order valence-corrected chi connectivity index (χ3v) is 2.22. The van der Waals surface area contributed by atoms with Gasteiger partial charge in [0.2, 0.25) is 5.91 Å². The summed E-state index contributed by atoms with van der Waals surface area (Å²) in [6, 6.07) is -1.02. The van der Waals surface area contributed by atoms with E-state index < -0.39 is 36.9 Å². The molecule has 2 N–H and O–H groups in total. The number of carboxylic acid groups (broad SMARTS) is 1. The fourth-order valence-electron chi connectivity index (χ4n) is 1.31. The Morgan fingerprint density at radius 1 is 1.53 bits per heavy atom. The van der Waals surface area contributed by atoms with Gasteiger partial charge in [-0.3, -0.25) is 9.59 Å². The quantitative estimate of drug-likeness (QED) is 0.674. The number of hydrogen-bond acceptors (Lipinski definition) is 3. The number of carbonyl (C=O) groups excluding carboxylic acids is 1. The normalized spacial score (nSPS) is 20.6. The van der Waals surface area contributed by atoms with Gasteiger partial charge in [-0.15, -0.1) is 0 Å². The number of amides is 1. The van der Waals surface area contributed by atoms with E-state index in [1.807, 2.05) is 0 Å². The third kappa shape index (κ3) is 2.85. The lowest BCUT2D eigenvalue weighted by atomic mass is 10.1. The predicted octanol–water partition coefficient (Wildman–Crippen LogP) is -0.473. The highest BCUT2D eigenvalue weighted by atomic mass is 19.3. The number of likely N-dealkylation sites (tertiary alicyclic amines) is 1. The second-order valence-electron chi connectivity index (χ2n) is 3.49. The smallest absolute Gasteiger partial charge is 0.321 e. The Morgan fingerprint density at radius 3 is 2.40 bits per heavy atom. The molecule has 0 aliphatic carbocycles. The molecular weight excluding hydrogens is 210 g/mol. The Bertz CT molecular complexity index is 275. The highest BCUT2D eigenvalue weighted by Gasteiger charge is 2.46. The number of hydrogen-bond donors (Lipinski definition) is 2. The molecule has 86 valence electrons. The zero-order chi connectivity index (χ0) is 11.6. The lowest BCUT2D eigenvalue weighted by Crippen LogP contribution is -2.59. The summed E-state index contributed by atoms with van der Waals surface area (Å²) in [6.45, 7) is -1.22. The number of nitrogens with zero attached hydrogens (tertiary/aromatic N) is 1. The molecule has 0 spiro atoms. The molecule has 0 saturated carbocycles. The molecule has 1 fully saturated rings.